The third kappa shape index (κ3) is 5.03. The maximum absolute atomic E-state index is 13.3. The lowest BCUT2D eigenvalue weighted by Gasteiger charge is -2.17. The Morgan fingerprint density at radius 1 is 1.20 bits per heavy atom. The predicted molar refractivity (Wildman–Crippen MR) is 113 cm³/mol. The molecule has 0 aliphatic rings. The highest BCUT2D eigenvalue weighted by atomic mass is 35.5. The Bertz CT molecular complexity index is 1050. The standard InChI is InChI=1S/C23H22ClF3N2O/c1-5-8-29-22(30)14(3)13(2)18-9-16(12-28)10-19(15(18)4)17-6-7-21(24)20(11-17)23(25,26)27/h6-7,9-11H,5,8H2,1-4H3,(H,29,30)/b14-13+. The molecule has 0 saturated carbocycles. The Kier molecular flexibility index (Phi) is 7.33. The number of hydrogen-bond acceptors (Lipinski definition) is 2. The number of hydrogen-bond donors (Lipinski definition) is 1. The Balaban J connectivity index is 2.69. The summed E-state index contributed by atoms with van der Waals surface area (Å²) in [5.74, 6) is -0.219. The highest BCUT2D eigenvalue weighted by Crippen LogP contribution is 2.39. The molecule has 0 spiro atoms. The van der Waals surface area contributed by atoms with Gasteiger partial charge in [0.2, 0.25) is 5.91 Å². The molecule has 0 fully saturated rings. The molecule has 2 aromatic carbocycles. The van der Waals surface area contributed by atoms with Crippen molar-refractivity contribution in [1.29, 1.82) is 5.26 Å². The molecule has 7 heteroatoms. The number of carbonyl (C=O) groups excluding carboxylic acids is 1. The summed E-state index contributed by atoms with van der Waals surface area (Å²) < 4.78 is 39.9. The molecule has 0 bridgehead atoms. The summed E-state index contributed by atoms with van der Waals surface area (Å²) in [7, 11) is 0. The normalized spacial score (nSPS) is 12.2. The number of benzene rings is 2. The van der Waals surface area contributed by atoms with Crippen LogP contribution in [-0.4, -0.2) is 12.5 Å². The van der Waals surface area contributed by atoms with Crippen LogP contribution in [0.25, 0.3) is 16.7 Å². The second-order valence-electron chi connectivity index (χ2n) is 7.01. The Morgan fingerprint density at radius 3 is 2.43 bits per heavy atom. The zero-order valence-corrected chi connectivity index (χ0v) is 17.9. The number of allylic oxidation sites excluding steroid dienone is 1. The summed E-state index contributed by atoms with van der Waals surface area (Å²) in [5, 5.41) is 11.9. The van der Waals surface area contributed by atoms with Crippen molar-refractivity contribution in [2.24, 2.45) is 0 Å². The Morgan fingerprint density at radius 2 is 1.87 bits per heavy atom. The predicted octanol–water partition coefficient (Wildman–Crippen LogP) is 6.53. The van der Waals surface area contributed by atoms with Crippen LogP contribution < -0.4 is 5.32 Å². The fourth-order valence-corrected chi connectivity index (χ4v) is 3.35. The van der Waals surface area contributed by atoms with Gasteiger partial charge in [-0.3, -0.25) is 4.79 Å². The van der Waals surface area contributed by atoms with Gasteiger partial charge in [0.25, 0.3) is 0 Å². The number of alkyl halides is 3. The molecule has 1 amide bonds. The number of nitrogens with zero attached hydrogens (tertiary/aromatic N) is 1. The molecular weight excluding hydrogens is 413 g/mol. The van der Waals surface area contributed by atoms with Gasteiger partial charge in [-0.2, -0.15) is 18.4 Å². The summed E-state index contributed by atoms with van der Waals surface area (Å²) in [6, 6.07) is 8.91. The minimum absolute atomic E-state index is 0.219. The summed E-state index contributed by atoms with van der Waals surface area (Å²) in [6.45, 7) is 7.69. The van der Waals surface area contributed by atoms with Gasteiger partial charge in [0, 0.05) is 12.1 Å². The molecule has 3 nitrogen and oxygen atoms in total. The monoisotopic (exact) mass is 434 g/mol. The second kappa shape index (κ2) is 9.36. The van der Waals surface area contributed by atoms with E-state index in [4.69, 9.17) is 11.6 Å². The second-order valence-corrected chi connectivity index (χ2v) is 7.41. The van der Waals surface area contributed by atoms with Crippen molar-refractivity contribution >= 4 is 23.1 Å². The molecule has 30 heavy (non-hydrogen) atoms. The van der Waals surface area contributed by atoms with Crippen molar-refractivity contribution in [2.45, 2.75) is 40.3 Å². The number of halogens is 4. The van der Waals surface area contributed by atoms with Crippen molar-refractivity contribution in [3.05, 3.63) is 63.2 Å². The van der Waals surface area contributed by atoms with Crippen LogP contribution in [0.4, 0.5) is 13.2 Å². The van der Waals surface area contributed by atoms with E-state index in [0.717, 1.165) is 12.5 Å². The van der Waals surface area contributed by atoms with Crippen LogP contribution in [0, 0.1) is 18.3 Å². The summed E-state index contributed by atoms with van der Waals surface area (Å²) >= 11 is 5.74. The summed E-state index contributed by atoms with van der Waals surface area (Å²) in [5.41, 5.74) is 2.57. The first-order valence-electron chi connectivity index (χ1n) is 9.39. The van der Waals surface area contributed by atoms with Gasteiger partial charge in [-0.25, -0.2) is 0 Å². The third-order valence-electron chi connectivity index (χ3n) is 4.96. The van der Waals surface area contributed by atoms with E-state index in [1.54, 1.807) is 32.9 Å². The molecule has 0 aliphatic heterocycles. The van der Waals surface area contributed by atoms with E-state index < -0.39 is 11.7 Å². The van der Waals surface area contributed by atoms with Crippen molar-refractivity contribution in [1.82, 2.24) is 5.32 Å². The van der Waals surface area contributed by atoms with Gasteiger partial charge in [-0.05, 0) is 79.3 Å². The van der Waals surface area contributed by atoms with Gasteiger partial charge in [-0.15, -0.1) is 0 Å². The topological polar surface area (TPSA) is 52.9 Å². The Hall–Kier alpha value is -2.78. The first-order chi connectivity index (χ1) is 14.0. The average Bonchev–Trinajstić information content (AvgIpc) is 2.70. The smallest absolute Gasteiger partial charge is 0.352 e. The quantitative estimate of drug-likeness (QED) is 0.544. The average molecular weight is 435 g/mol. The molecule has 0 aliphatic carbocycles. The van der Waals surface area contributed by atoms with E-state index in [-0.39, 0.29) is 16.5 Å². The van der Waals surface area contributed by atoms with Gasteiger partial charge in [0.1, 0.15) is 0 Å². The summed E-state index contributed by atoms with van der Waals surface area (Å²) in [4.78, 5) is 12.4. The number of amides is 1. The number of nitriles is 1. The van der Waals surface area contributed by atoms with Crippen molar-refractivity contribution in [3.8, 4) is 17.2 Å². The van der Waals surface area contributed by atoms with Crippen LogP contribution in [0.5, 0.6) is 0 Å². The lowest BCUT2D eigenvalue weighted by atomic mass is 9.89. The fraction of sp³-hybridized carbons (Fsp3) is 0.304. The molecule has 0 radical (unpaired) electrons. The highest BCUT2D eigenvalue weighted by molar-refractivity contribution is 6.31. The van der Waals surface area contributed by atoms with Crippen LogP contribution in [0.3, 0.4) is 0 Å². The largest absolute Gasteiger partial charge is 0.417 e. The van der Waals surface area contributed by atoms with Gasteiger partial charge < -0.3 is 5.32 Å². The lowest BCUT2D eigenvalue weighted by molar-refractivity contribution is -0.137. The molecule has 0 atom stereocenters. The van der Waals surface area contributed by atoms with E-state index in [2.05, 4.69) is 5.32 Å². The minimum Gasteiger partial charge on any atom is -0.352 e. The molecule has 1 N–H and O–H groups in total. The van der Waals surface area contributed by atoms with Crippen LogP contribution in [0.2, 0.25) is 5.02 Å². The van der Waals surface area contributed by atoms with Crippen molar-refractivity contribution in [3.63, 3.8) is 0 Å². The van der Waals surface area contributed by atoms with Crippen LogP contribution in [0.1, 0.15) is 49.4 Å². The van der Waals surface area contributed by atoms with E-state index in [1.165, 1.54) is 12.1 Å². The molecular formula is C23H22ClF3N2O. The summed E-state index contributed by atoms with van der Waals surface area (Å²) in [6.07, 6.45) is -3.80. The number of carbonyl (C=O) groups is 1. The molecule has 2 rings (SSSR count). The molecule has 0 heterocycles. The van der Waals surface area contributed by atoms with Crippen molar-refractivity contribution in [2.75, 3.05) is 6.54 Å². The van der Waals surface area contributed by atoms with Gasteiger partial charge >= 0.3 is 6.18 Å². The lowest BCUT2D eigenvalue weighted by Crippen LogP contribution is -2.25. The third-order valence-corrected chi connectivity index (χ3v) is 5.29. The van der Waals surface area contributed by atoms with Gasteiger partial charge in [0.15, 0.2) is 0 Å². The van der Waals surface area contributed by atoms with Crippen LogP contribution in [0.15, 0.2) is 35.9 Å². The van der Waals surface area contributed by atoms with Crippen LogP contribution in [-0.2, 0) is 11.0 Å². The first kappa shape index (κ1) is 23.5. The van der Waals surface area contributed by atoms with E-state index >= 15 is 0 Å². The minimum atomic E-state index is -4.60. The highest BCUT2D eigenvalue weighted by Gasteiger charge is 2.33. The van der Waals surface area contributed by atoms with Crippen molar-refractivity contribution < 1.29 is 18.0 Å². The molecule has 2 aromatic rings. The maximum Gasteiger partial charge on any atom is 0.417 e. The molecule has 0 unspecified atom stereocenters. The molecule has 0 aromatic heterocycles. The van der Waals surface area contributed by atoms with E-state index in [9.17, 15) is 23.2 Å². The SMILES string of the molecule is CCCNC(=O)/C(C)=C(\C)c1cc(C#N)cc(-c2ccc(Cl)c(C(F)(F)F)c2)c1C. The number of nitrogens with one attached hydrogen (secondary N) is 1. The molecule has 0 saturated heterocycles. The fourth-order valence-electron chi connectivity index (χ4n) is 3.12. The zero-order valence-electron chi connectivity index (χ0n) is 17.2. The van der Waals surface area contributed by atoms with Gasteiger partial charge in [-0.1, -0.05) is 24.6 Å². The maximum atomic E-state index is 13.3. The van der Waals surface area contributed by atoms with E-state index in [0.29, 0.717) is 39.9 Å². The van der Waals surface area contributed by atoms with Gasteiger partial charge in [0.05, 0.1) is 22.2 Å². The molecule has 158 valence electrons. The van der Waals surface area contributed by atoms with Crippen LogP contribution >= 0.6 is 11.6 Å². The Labute approximate surface area is 179 Å². The first-order valence-corrected chi connectivity index (χ1v) is 9.77. The zero-order chi connectivity index (χ0) is 22.6. The number of rotatable bonds is 5. The van der Waals surface area contributed by atoms with E-state index in [1.807, 2.05) is 13.0 Å².